The quantitative estimate of drug-likeness (QED) is 0.789. The van der Waals surface area contributed by atoms with Crippen molar-refractivity contribution in [3.63, 3.8) is 0 Å². The van der Waals surface area contributed by atoms with Crippen molar-refractivity contribution in [2.24, 2.45) is 0 Å². The van der Waals surface area contributed by atoms with Crippen LogP contribution in [-0.4, -0.2) is 59.5 Å². The van der Waals surface area contributed by atoms with Gasteiger partial charge in [0.05, 0.1) is 25.4 Å². The second-order valence-corrected chi connectivity index (χ2v) is 5.47. The van der Waals surface area contributed by atoms with Crippen molar-refractivity contribution in [1.29, 1.82) is 0 Å². The highest BCUT2D eigenvalue weighted by molar-refractivity contribution is 6.27. The zero-order valence-electron chi connectivity index (χ0n) is 11.3. The van der Waals surface area contributed by atoms with Gasteiger partial charge in [-0.2, -0.15) is 0 Å². The van der Waals surface area contributed by atoms with Gasteiger partial charge >= 0.3 is 0 Å². The molecule has 0 radical (unpaired) electrons. The third-order valence-corrected chi connectivity index (χ3v) is 4.13. The number of aliphatic hydroxyl groups excluding tert-OH is 1. The molecule has 0 aromatic carbocycles. The highest BCUT2D eigenvalue weighted by atomic mass is 35.5. The number of hydrogen-bond acceptors (Lipinski definition) is 4. The number of rotatable bonds is 4. The first-order chi connectivity index (χ1) is 9.12. The molecular formula is C13H22ClNO4. The van der Waals surface area contributed by atoms with Gasteiger partial charge in [0.2, 0.25) is 5.91 Å². The van der Waals surface area contributed by atoms with Crippen LogP contribution in [0.5, 0.6) is 0 Å². The van der Waals surface area contributed by atoms with E-state index < -0.39 is 11.9 Å². The average molecular weight is 292 g/mol. The molecule has 5 nitrogen and oxygen atoms in total. The number of alkyl halides is 1. The van der Waals surface area contributed by atoms with Gasteiger partial charge in [0.1, 0.15) is 5.88 Å². The molecule has 1 saturated carbocycles. The van der Waals surface area contributed by atoms with Gasteiger partial charge in [-0.25, -0.2) is 0 Å². The molecule has 2 rings (SSSR count). The van der Waals surface area contributed by atoms with Crippen LogP contribution in [-0.2, 0) is 14.3 Å². The number of halogens is 1. The summed E-state index contributed by atoms with van der Waals surface area (Å²) in [6.45, 7) is 3.77. The molecule has 1 amide bonds. The fourth-order valence-electron chi connectivity index (χ4n) is 2.99. The summed E-state index contributed by atoms with van der Waals surface area (Å²) in [5, 5.41) is 10.2. The van der Waals surface area contributed by atoms with Crippen LogP contribution in [0.1, 0.15) is 32.6 Å². The number of ether oxygens (including phenoxy) is 2. The Labute approximate surface area is 118 Å². The van der Waals surface area contributed by atoms with E-state index in [1.54, 1.807) is 4.90 Å². The SMILES string of the molecule is CCCN(C(=O)CCl)[C@@H]1CC2(CC[C@H]1O)OCCO2. The van der Waals surface area contributed by atoms with Crippen LogP contribution in [0.3, 0.4) is 0 Å². The Morgan fingerprint density at radius 2 is 2.16 bits per heavy atom. The minimum atomic E-state index is -0.609. The summed E-state index contributed by atoms with van der Waals surface area (Å²) in [6.07, 6.45) is 2.09. The van der Waals surface area contributed by atoms with E-state index >= 15 is 0 Å². The number of aliphatic hydroxyl groups is 1. The fourth-order valence-corrected chi connectivity index (χ4v) is 3.14. The molecule has 1 N–H and O–H groups in total. The maximum Gasteiger partial charge on any atom is 0.237 e. The molecule has 2 atom stereocenters. The Balaban J connectivity index is 2.11. The normalized spacial score (nSPS) is 29.6. The van der Waals surface area contributed by atoms with E-state index in [0.29, 0.717) is 39.0 Å². The number of amides is 1. The summed E-state index contributed by atoms with van der Waals surface area (Å²) in [5.74, 6) is -0.803. The van der Waals surface area contributed by atoms with Crippen LogP contribution in [0, 0.1) is 0 Å². The standard InChI is InChI=1S/C13H22ClNO4/c1-2-5-15(12(17)9-14)10-8-13(4-3-11(10)16)18-6-7-19-13/h10-11,16H,2-9H2,1H3/t10-,11-/m1/s1. The van der Waals surface area contributed by atoms with E-state index in [1.807, 2.05) is 6.92 Å². The third-order valence-electron chi connectivity index (χ3n) is 3.90. The highest BCUT2D eigenvalue weighted by Crippen LogP contribution is 2.38. The lowest BCUT2D eigenvalue weighted by atomic mass is 9.86. The van der Waals surface area contributed by atoms with Gasteiger partial charge in [0, 0.05) is 19.4 Å². The van der Waals surface area contributed by atoms with Crippen molar-refractivity contribution < 1.29 is 19.4 Å². The van der Waals surface area contributed by atoms with Gasteiger partial charge in [-0.3, -0.25) is 4.79 Å². The molecule has 1 spiro atoms. The first-order valence-corrected chi connectivity index (χ1v) is 7.47. The van der Waals surface area contributed by atoms with Gasteiger partial charge in [-0.1, -0.05) is 6.92 Å². The summed E-state index contributed by atoms with van der Waals surface area (Å²) < 4.78 is 11.4. The fraction of sp³-hybridized carbons (Fsp3) is 0.923. The first-order valence-electron chi connectivity index (χ1n) is 6.93. The van der Waals surface area contributed by atoms with Crippen LogP contribution in [0.25, 0.3) is 0 Å². The molecule has 2 fully saturated rings. The molecular weight excluding hydrogens is 270 g/mol. The maximum absolute atomic E-state index is 12.0. The van der Waals surface area contributed by atoms with Crippen LogP contribution < -0.4 is 0 Å². The van der Waals surface area contributed by atoms with Gasteiger partial charge in [0.15, 0.2) is 5.79 Å². The molecule has 1 heterocycles. The molecule has 1 aliphatic carbocycles. The molecule has 0 bridgehead atoms. The molecule has 0 aromatic rings. The van der Waals surface area contributed by atoms with Crippen molar-refractivity contribution in [3.05, 3.63) is 0 Å². The monoisotopic (exact) mass is 291 g/mol. The molecule has 2 aliphatic rings. The molecule has 0 aromatic heterocycles. The minimum absolute atomic E-state index is 0.0576. The lowest BCUT2D eigenvalue weighted by Gasteiger charge is -2.44. The molecule has 110 valence electrons. The lowest BCUT2D eigenvalue weighted by molar-refractivity contribution is -0.205. The van der Waals surface area contributed by atoms with Crippen LogP contribution in [0.4, 0.5) is 0 Å². The summed E-state index contributed by atoms with van der Waals surface area (Å²) >= 11 is 5.67. The topological polar surface area (TPSA) is 59.0 Å². The zero-order valence-corrected chi connectivity index (χ0v) is 12.1. The molecule has 0 unspecified atom stereocenters. The Morgan fingerprint density at radius 3 is 2.74 bits per heavy atom. The average Bonchev–Trinajstić information content (AvgIpc) is 2.87. The number of carbonyl (C=O) groups is 1. The van der Waals surface area contributed by atoms with Crippen LogP contribution >= 0.6 is 11.6 Å². The van der Waals surface area contributed by atoms with Crippen molar-refractivity contribution in [2.45, 2.75) is 50.5 Å². The summed E-state index contributed by atoms with van der Waals surface area (Å²) in [7, 11) is 0. The van der Waals surface area contributed by atoms with E-state index in [-0.39, 0.29) is 17.8 Å². The summed E-state index contributed by atoms with van der Waals surface area (Å²) in [5.41, 5.74) is 0. The van der Waals surface area contributed by atoms with Crippen LogP contribution in [0.15, 0.2) is 0 Å². The van der Waals surface area contributed by atoms with Crippen molar-refractivity contribution in [2.75, 3.05) is 25.6 Å². The Kier molecular flexibility index (Phi) is 5.06. The number of hydrogen-bond donors (Lipinski definition) is 1. The summed E-state index contributed by atoms with van der Waals surface area (Å²) in [4.78, 5) is 13.6. The Bertz CT molecular complexity index is 320. The van der Waals surface area contributed by atoms with Gasteiger partial charge in [-0.05, 0) is 12.8 Å². The maximum atomic E-state index is 12.0. The summed E-state index contributed by atoms with van der Waals surface area (Å²) in [6, 6.07) is -0.266. The molecule has 6 heteroatoms. The van der Waals surface area contributed by atoms with E-state index in [0.717, 1.165) is 6.42 Å². The predicted octanol–water partition coefficient (Wildman–Crippen LogP) is 1.12. The second-order valence-electron chi connectivity index (χ2n) is 5.21. The van der Waals surface area contributed by atoms with Crippen molar-refractivity contribution >= 4 is 17.5 Å². The lowest BCUT2D eigenvalue weighted by Crippen LogP contribution is -2.55. The number of carbonyl (C=O) groups excluding carboxylic acids is 1. The number of nitrogens with zero attached hydrogens (tertiary/aromatic N) is 1. The van der Waals surface area contributed by atoms with Crippen molar-refractivity contribution in [3.8, 4) is 0 Å². The second kappa shape index (κ2) is 6.39. The molecule has 1 aliphatic heterocycles. The van der Waals surface area contributed by atoms with Crippen molar-refractivity contribution in [1.82, 2.24) is 4.90 Å². The van der Waals surface area contributed by atoms with E-state index in [9.17, 15) is 9.90 Å². The molecule has 1 saturated heterocycles. The zero-order chi connectivity index (χ0) is 13.9. The van der Waals surface area contributed by atoms with Gasteiger partial charge in [0.25, 0.3) is 0 Å². The Hall–Kier alpha value is -0.360. The van der Waals surface area contributed by atoms with E-state index in [4.69, 9.17) is 21.1 Å². The predicted molar refractivity (Wildman–Crippen MR) is 71.0 cm³/mol. The first kappa shape index (κ1) is 15.0. The van der Waals surface area contributed by atoms with Gasteiger partial charge < -0.3 is 19.5 Å². The largest absolute Gasteiger partial charge is 0.391 e. The molecule has 19 heavy (non-hydrogen) atoms. The van der Waals surface area contributed by atoms with Gasteiger partial charge in [-0.15, -0.1) is 11.6 Å². The third kappa shape index (κ3) is 3.21. The highest BCUT2D eigenvalue weighted by Gasteiger charge is 2.47. The Morgan fingerprint density at radius 1 is 1.47 bits per heavy atom. The smallest absolute Gasteiger partial charge is 0.237 e. The van der Waals surface area contributed by atoms with E-state index in [2.05, 4.69) is 0 Å². The van der Waals surface area contributed by atoms with E-state index in [1.165, 1.54) is 0 Å². The van der Waals surface area contributed by atoms with Crippen LogP contribution in [0.2, 0.25) is 0 Å². The minimum Gasteiger partial charge on any atom is -0.391 e.